The molecule has 0 bridgehead atoms. The summed E-state index contributed by atoms with van der Waals surface area (Å²) in [5, 5.41) is 3.15. The Hall–Kier alpha value is -2.50. The summed E-state index contributed by atoms with van der Waals surface area (Å²) in [6.45, 7) is 3.85. The fraction of sp³-hybridized carbons (Fsp3) is 0.333. The third-order valence-electron chi connectivity index (χ3n) is 2.90. The first-order valence-corrected chi connectivity index (χ1v) is 6.46. The number of nitrogens with one attached hydrogen (secondary N) is 1. The van der Waals surface area contributed by atoms with Crippen molar-refractivity contribution in [3.63, 3.8) is 0 Å². The molecule has 6 nitrogen and oxygen atoms in total. The van der Waals surface area contributed by atoms with Crippen LogP contribution in [0.1, 0.15) is 11.4 Å². The zero-order valence-corrected chi connectivity index (χ0v) is 12.9. The number of anilines is 2. The molecule has 0 fully saturated rings. The Morgan fingerprint density at radius 3 is 1.76 bits per heavy atom. The first-order valence-electron chi connectivity index (χ1n) is 6.46. The Labute approximate surface area is 124 Å². The molecule has 112 valence electrons. The van der Waals surface area contributed by atoms with E-state index in [9.17, 15) is 0 Å². The fourth-order valence-corrected chi connectivity index (χ4v) is 2.06. The number of nitrogens with zero attached hydrogens (tertiary/aromatic N) is 2. The van der Waals surface area contributed by atoms with Gasteiger partial charge in [0.25, 0.3) is 0 Å². The van der Waals surface area contributed by atoms with Crippen LogP contribution in [0.4, 0.5) is 11.6 Å². The summed E-state index contributed by atoms with van der Waals surface area (Å²) in [7, 11) is 4.73. The predicted molar refractivity (Wildman–Crippen MR) is 80.9 cm³/mol. The zero-order chi connectivity index (χ0) is 15.4. The van der Waals surface area contributed by atoms with Gasteiger partial charge in [-0.3, -0.25) is 0 Å². The topological polar surface area (TPSA) is 65.5 Å². The average molecular weight is 289 g/mol. The molecule has 0 atom stereocenters. The summed E-state index contributed by atoms with van der Waals surface area (Å²) in [5.41, 5.74) is 2.56. The Morgan fingerprint density at radius 1 is 0.810 bits per heavy atom. The van der Waals surface area contributed by atoms with Crippen molar-refractivity contribution in [1.29, 1.82) is 0 Å². The largest absolute Gasteiger partial charge is 0.493 e. The summed E-state index contributed by atoms with van der Waals surface area (Å²) >= 11 is 0. The lowest BCUT2D eigenvalue weighted by Crippen LogP contribution is -2.02. The number of rotatable bonds is 5. The molecule has 2 rings (SSSR count). The van der Waals surface area contributed by atoms with E-state index in [1.54, 1.807) is 21.3 Å². The monoisotopic (exact) mass is 289 g/mol. The van der Waals surface area contributed by atoms with Crippen LogP contribution in [-0.4, -0.2) is 31.3 Å². The molecule has 0 radical (unpaired) electrons. The third kappa shape index (κ3) is 3.34. The second kappa shape index (κ2) is 6.30. The van der Waals surface area contributed by atoms with Gasteiger partial charge in [0.2, 0.25) is 11.7 Å². The number of hydrogen-bond acceptors (Lipinski definition) is 6. The highest BCUT2D eigenvalue weighted by molar-refractivity contribution is 5.65. The summed E-state index contributed by atoms with van der Waals surface area (Å²) < 4.78 is 15.9. The van der Waals surface area contributed by atoms with E-state index in [-0.39, 0.29) is 0 Å². The molecule has 0 saturated heterocycles. The van der Waals surface area contributed by atoms with Gasteiger partial charge in [0.05, 0.1) is 21.3 Å². The number of methoxy groups -OCH3 is 3. The standard InChI is InChI=1S/C15H19N3O3/c1-9-6-10(2)17-15(16-9)18-11-7-12(19-3)14(21-5)13(8-11)20-4/h6-8H,1-5H3,(H,16,17,18). The Balaban J connectivity index is 2.40. The molecule has 0 aliphatic heterocycles. The minimum atomic E-state index is 0.529. The first kappa shape index (κ1) is 14.9. The number of benzene rings is 1. The SMILES string of the molecule is COc1cc(Nc2nc(C)cc(C)n2)cc(OC)c1OC. The maximum Gasteiger partial charge on any atom is 0.227 e. The number of aromatic nitrogens is 2. The van der Waals surface area contributed by atoms with Crippen LogP contribution in [-0.2, 0) is 0 Å². The normalized spacial score (nSPS) is 10.1. The van der Waals surface area contributed by atoms with Gasteiger partial charge in [-0.05, 0) is 19.9 Å². The maximum absolute atomic E-state index is 5.32. The molecule has 21 heavy (non-hydrogen) atoms. The van der Waals surface area contributed by atoms with E-state index in [0.29, 0.717) is 23.2 Å². The second-order valence-electron chi connectivity index (χ2n) is 4.51. The minimum Gasteiger partial charge on any atom is -0.493 e. The van der Waals surface area contributed by atoms with Crippen LogP contribution in [0.2, 0.25) is 0 Å². The molecule has 0 aliphatic carbocycles. The Kier molecular flexibility index (Phi) is 4.47. The highest BCUT2D eigenvalue weighted by atomic mass is 16.5. The van der Waals surface area contributed by atoms with E-state index in [1.807, 2.05) is 32.0 Å². The van der Waals surface area contributed by atoms with Crippen LogP contribution in [0.15, 0.2) is 18.2 Å². The van der Waals surface area contributed by atoms with Crippen molar-refractivity contribution in [2.45, 2.75) is 13.8 Å². The molecule has 0 spiro atoms. The molecule has 2 aromatic rings. The molecule has 0 saturated carbocycles. The van der Waals surface area contributed by atoms with Crippen LogP contribution in [0.25, 0.3) is 0 Å². The fourth-order valence-electron chi connectivity index (χ4n) is 2.06. The minimum absolute atomic E-state index is 0.529. The van der Waals surface area contributed by atoms with E-state index >= 15 is 0 Å². The molecule has 1 N–H and O–H groups in total. The third-order valence-corrected chi connectivity index (χ3v) is 2.90. The van der Waals surface area contributed by atoms with Gasteiger partial charge in [-0.2, -0.15) is 0 Å². The average Bonchev–Trinajstić information content (AvgIpc) is 2.45. The molecule has 6 heteroatoms. The van der Waals surface area contributed by atoms with Gasteiger partial charge in [-0.15, -0.1) is 0 Å². The highest BCUT2D eigenvalue weighted by Crippen LogP contribution is 2.40. The van der Waals surface area contributed by atoms with Crippen LogP contribution in [0.5, 0.6) is 17.2 Å². The quantitative estimate of drug-likeness (QED) is 0.913. The lowest BCUT2D eigenvalue weighted by molar-refractivity contribution is 0.324. The molecule has 1 aromatic carbocycles. The second-order valence-corrected chi connectivity index (χ2v) is 4.51. The first-order chi connectivity index (χ1) is 10.1. The summed E-state index contributed by atoms with van der Waals surface area (Å²) in [5.74, 6) is 2.22. The number of aryl methyl sites for hydroxylation is 2. The van der Waals surface area contributed by atoms with Gasteiger partial charge >= 0.3 is 0 Å². The maximum atomic E-state index is 5.32. The van der Waals surface area contributed by atoms with Crippen molar-refractivity contribution in [1.82, 2.24) is 9.97 Å². The number of hydrogen-bond donors (Lipinski definition) is 1. The van der Waals surface area contributed by atoms with Gasteiger partial charge in [0, 0.05) is 29.2 Å². The molecular weight excluding hydrogens is 270 g/mol. The van der Waals surface area contributed by atoms with Gasteiger partial charge < -0.3 is 19.5 Å². The predicted octanol–water partition coefficient (Wildman–Crippen LogP) is 2.86. The number of ether oxygens (including phenoxy) is 3. The van der Waals surface area contributed by atoms with Crippen LogP contribution in [0, 0.1) is 13.8 Å². The van der Waals surface area contributed by atoms with Crippen molar-refractivity contribution in [2.75, 3.05) is 26.6 Å². The molecular formula is C15H19N3O3. The van der Waals surface area contributed by atoms with Gasteiger partial charge in [0.1, 0.15) is 0 Å². The van der Waals surface area contributed by atoms with Gasteiger partial charge in [-0.25, -0.2) is 9.97 Å². The van der Waals surface area contributed by atoms with Gasteiger partial charge in [0.15, 0.2) is 11.5 Å². The molecule has 1 heterocycles. The van der Waals surface area contributed by atoms with Crippen LogP contribution < -0.4 is 19.5 Å². The van der Waals surface area contributed by atoms with Crippen molar-refractivity contribution >= 4 is 11.6 Å². The summed E-state index contributed by atoms with van der Waals surface area (Å²) in [6, 6.07) is 5.53. The van der Waals surface area contributed by atoms with Crippen molar-refractivity contribution < 1.29 is 14.2 Å². The Morgan fingerprint density at radius 2 is 1.33 bits per heavy atom. The summed E-state index contributed by atoms with van der Waals surface area (Å²) in [6.07, 6.45) is 0. The van der Waals surface area contributed by atoms with Crippen molar-refractivity contribution in [3.8, 4) is 17.2 Å². The van der Waals surface area contributed by atoms with Gasteiger partial charge in [-0.1, -0.05) is 0 Å². The highest BCUT2D eigenvalue weighted by Gasteiger charge is 2.13. The zero-order valence-electron chi connectivity index (χ0n) is 12.9. The molecule has 0 aliphatic rings. The van der Waals surface area contributed by atoms with E-state index in [2.05, 4.69) is 15.3 Å². The molecule has 1 aromatic heterocycles. The van der Waals surface area contributed by atoms with Crippen LogP contribution in [0.3, 0.4) is 0 Å². The summed E-state index contributed by atoms with van der Waals surface area (Å²) in [4.78, 5) is 8.70. The van der Waals surface area contributed by atoms with E-state index in [1.165, 1.54) is 0 Å². The molecule has 0 amide bonds. The Bertz CT molecular complexity index is 599. The van der Waals surface area contributed by atoms with Crippen molar-refractivity contribution in [3.05, 3.63) is 29.6 Å². The van der Waals surface area contributed by atoms with E-state index < -0.39 is 0 Å². The lowest BCUT2D eigenvalue weighted by atomic mass is 10.2. The van der Waals surface area contributed by atoms with Crippen LogP contribution >= 0.6 is 0 Å². The molecule has 0 unspecified atom stereocenters. The smallest absolute Gasteiger partial charge is 0.227 e. The lowest BCUT2D eigenvalue weighted by Gasteiger charge is -2.14. The van der Waals surface area contributed by atoms with Crippen molar-refractivity contribution in [2.24, 2.45) is 0 Å². The van der Waals surface area contributed by atoms with E-state index in [0.717, 1.165) is 17.1 Å². The van der Waals surface area contributed by atoms with E-state index in [4.69, 9.17) is 14.2 Å².